The van der Waals surface area contributed by atoms with Gasteiger partial charge in [-0.3, -0.25) is 4.79 Å². The summed E-state index contributed by atoms with van der Waals surface area (Å²) in [5.74, 6) is 0.180. The van der Waals surface area contributed by atoms with Gasteiger partial charge in [0, 0.05) is 19.6 Å². The number of anilines is 1. The number of aryl methyl sites for hydroxylation is 2. The topological polar surface area (TPSA) is 23.6 Å². The summed E-state index contributed by atoms with van der Waals surface area (Å²) < 4.78 is 0. The third-order valence-electron chi connectivity index (χ3n) is 3.41. The van der Waals surface area contributed by atoms with Crippen LogP contribution in [0, 0.1) is 13.8 Å². The molecule has 1 amide bonds. The Morgan fingerprint density at radius 3 is 2.56 bits per heavy atom. The first-order chi connectivity index (χ1) is 8.52. The van der Waals surface area contributed by atoms with Gasteiger partial charge in [-0.25, -0.2) is 0 Å². The zero-order chi connectivity index (χ0) is 13.3. The molecule has 0 aliphatic carbocycles. The SMILES string of the molecule is CCN1CCN(c2c(C)cc(C)cc2Cl)CC1=O. The summed E-state index contributed by atoms with van der Waals surface area (Å²) in [6.07, 6.45) is 0. The number of carbonyl (C=O) groups is 1. The van der Waals surface area contributed by atoms with Crippen molar-refractivity contribution in [3.8, 4) is 0 Å². The summed E-state index contributed by atoms with van der Waals surface area (Å²) in [6, 6.07) is 4.07. The second-order valence-corrected chi connectivity index (χ2v) is 5.21. The molecule has 4 heteroatoms. The number of likely N-dealkylation sites (N-methyl/N-ethyl adjacent to an activating group) is 1. The second-order valence-electron chi connectivity index (χ2n) is 4.81. The number of rotatable bonds is 2. The van der Waals surface area contributed by atoms with Gasteiger partial charge in [-0.15, -0.1) is 0 Å². The molecule has 0 atom stereocenters. The number of benzene rings is 1. The maximum atomic E-state index is 11.9. The van der Waals surface area contributed by atoms with E-state index in [-0.39, 0.29) is 5.91 Å². The van der Waals surface area contributed by atoms with Crippen LogP contribution < -0.4 is 4.90 Å². The summed E-state index contributed by atoms with van der Waals surface area (Å²) in [7, 11) is 0. The van der Waals surface area contributed by atoms with E-state index >= 15 is 0 Å². The fourth-order valence-electron chi connectivity index (χ4n) is 2.54. The molecule has 0 aromatic heterocycles. The number of piperazine rings is 1. The van der Waals surface area contributed by atoms with Crippen molar-refractivity contribution in [2.75, 3.05) is 31.1 Å². The summed E-state index contributed by atoms with van der Waals surface area (Å²) in [5, 5.41) is 0.741. The molecule has 98 valence electrons. The van der Waals surface area contributed by atoms with E-state index in [9.17, 15) is 4.79 Å². The zero-order valence-corrected chi connectivity index (χ0v) is 11.9. The van der Waals surface area contributed by atoms with Gasteiger partial charge in [0.15, 0.2) is 0 Å². The molecule has 0 spiro atoms. The van der Waals surface area contributed by atoms with Crippen LogP contribution in [0.15, 0.2) is 12.1 Å². The molecule has 0 N–H and O–H groups in total. The van der Waals surface area contributed by atoms with Crippen LogP contribution in [0.5, 0.6) is 0 Å². The highest BCUT2D eigenvalue weighted by molar-refractivity contribution is 6.33. The lowest BCUT2D eigenvalue weighted by Gasteiger charge is -2.36. The molecule has 3 nitrogen and oxygen atoms in total. The monoisotopic (exact) mass is 266 g/mol. The Morgan fingerprint density at radius 2 is 2.00 bits per heavy atom. The van der Waals surface area contributed by atoms with Crippen LogP contribution >= 0.6 is 11.6 Å². The molecule has 1 aromatic rings. The molecule has 1 aromatic carbocycles. The number of halogens is 1. The largest absolute Gasteiger partial charge is 0.359 e. The van der Waals surface area contributed by atoms with E-state index in [2.05, 4.69) is 11.0 Å². The van der Waals surface area contributed by atoms with Gasteiger partial charge in [0.05, 0.1) is 17.3 Å². The van der Waals surface area contributed by atoms with Gasteiger partial charge in [-0.2, -0.15) is 0 Å². The third-order valence-corrected chi connectivity index (χ3v) is 3.70. The smallest absolute Gasteiger partial charge is 0.242 e. The van der Waals surface area contributed by atoms with E-state index in [4.69, 9.17) is 11.6 Å². The highest BCUT2D eigenvalue weighted by Crippen LogP contribution is 2.31. The van der Waals surface area contributed by atoms with Crippen LogP contribution in [0.3, 0.4) is 0 Å². The van der Waals surface area contributed by atoms with Crippen LogP contribution in [0.25, 0.3) is 0 Å². The van der Waals surface area contributed by atoms with E-state index in [1.165, 1.54) is 0 Å². The van der Waals surface area contributed by atoms with Crippen molar-refractivity contribution in [2.24, 2.45) is 0 Å². The lowest BCUT2D eigenvalue weighted by Crippen LogP contribution is -2.50. The first-order valence-electron chi connectivity index (χ1n) is 6.32. The zero-order valence-electron chi connectivity index (χ0n) is 11.2. The van der Waals surface area contributed by atoms with Crippen LogP contribution in [-0.4, -0.2) is 37.0 Å². The predicted molar refractivity (Wildman–Crippen MR) is 75.4 cm³/mol. The van der Waals surface area contributed by atoms with Gasteiger partial charge in [0.2, 0.25) is 5.91 Å². The molecule has 0 radical (unpaired) electrons. The quantitative estimate of drug-likeness (QED) is 0.822. The average molecular weight is 267 g/mol. The molecule has 0 bridgehead atoms. The molecule has 0 unspecified atom stereocenters. The molecule has 1 aliphatic heterocycles. The molecule has 1 aliphatic rings. The second kappa shape index (κ2) is 5.19. The van der Waals surface area contributed by atoms with E-state index in [0.717, 1.165) is 41.5 Å². The standard InChI is InChI=1S/C14H19ClN2O/c1-4-16-5-6-17(9-13(16)18)14-11(3)7-10(2)8-12(14)15/h7-8H,4-6,9H2,1-3H3. The number of nitrogens with zero attached hydrogens (tertiary/aromatic N) is 2. The van der Waals surface area contributed by atoms with Crippen molar-refractivity contribution in [1.29, 1.82) is 0 Å². The predicted octanol–water partition coefficient (Wildman–Crippen LogP) is 2.63. The highest BCUT2D eigenvalue weighted by atomic mass is 35.5. The lowest BCUT2D eigenvalue weighted by atomic mass is 10.1. The van der Waals surface area contributed by atoms with E-state index < -0.39 is 0 Å². The molecule has 1 fully saturated rings. The molecule has 1 saturated heterocycles. The Balaban J connectivity index is 2.26. The summed E-state index contributed by atoms with van der Waals surface area (Å²) in [5.41, 5.74) is 3.30. The van der Waals surface area contributed by atoms with Crippen LogP contribution in [0.2, 0.25) is 5.02 Å². The Bertz CT molecular complexity index is 450. The van der Waals surface area contributed by atoms with Crippen LogP contribution in [-0.2, 0) is 4.79 Å². The minimum Gasteiger partial charge on any atom is -0.359 e. The maximum Gasteiger partial charge on any atom is 0.242 e. The molecule has 2 rings (SSSR count). The maximum absolute atomic E-state index is 11.9. The van der Waals surface area contributed by atoms with Crippen molar-refractivity contribution in [3.63, 3.8) is 0 Å². The third kappa shape index (κ3) is 2.46. The minimum absolute atomic E-state index is 0.180. The Hall–Kier alpha value is -1.22. The van der Waals surface area contributed by atoms with Crippen molar-refractivity contribution in [3.05, 3.63) is 28.3 Å². The van der Waals surface area contributed by atoms with Gasteiger partial charge in [-0.1, -0.05) is 17.7 Å². The molecular weight excluding hydrogens is 248 g/mol. The first kappa shape index (κ1) is 13.2. The Morgan fingerprint density at radius 1 is 1.28 bits per heavy atom. The minimum atomic E-state index is 0.180. The van der Waals surface area contributed by atoms with Gasteiger partial charge in [-0.05, 0) is 38.0 Å². The van der Waals surface area contributed by atoms with E-state index in [1.807, 2.05) is 31.7 Å². The van der Waals surface area contributed by atoms with Crippen LogP contribution in [0.1, 0.15) is 18.1 Å². The van der Waals surface area contributed by atoms with Crippen molar-refractivity contribution in [1.82, 2.24) is 4.90 Å². The van der Waals surface area contributed by atoms with Crippen LogP contribution in [0.4, 0.5) is 5.69 Å². The normalized spacial score (nSPS) is 16.3. The first-order valence-corrected chi connectivity index (χ1v) is 6.70. The number of hydrogen-bond donors (Lipinski definition) is 0. The lowest BCUT2D eigenvalue weighted by molar-refractivity contribution is -0.130. The van der Waals surface area contributed by atoms with Crippen molar-refractivity contribution >= 4 is 23.2 Å². The Kier molecular flexibility index (Phi) is 3.81. The number of carbonyl (C=O) groups excluding carboxylic acids is 1. The van der Waals surface area contributed by atoms with E-state index in [0.29, 0.717) is 6.54 Å². The van der Waals surface area contributed by atoms with Gasteiger partial charge < -0.3 is 9.80 Å². The molecule has 0 saturated carbocycles. The molecular formula is C14H19ClN2O. The summed E-state index contributed by atoms with van der Waals surface area (Å²) in [4.78, 5) is 15.9. The fourth-order valence-corrected chi connectivity index (χ4v) is 2.98. The average Bonchev–Trinajstić information content (AvgIpc) is 2.27. The molecule has 1 heterocycles. The fraction of sp³-hybridized carbons (Fsp3) is 0.500. The molecule has 18 heavy (non-hydrogen) atoms. The van der Waals surface area contributed by atoms with Gasteiger partial charge >= 0.3 is 0 Å². The van der Waals surface area contributed by atoms with Crippen molar-refractivity contribution in [2.45, 2.75) is 20.8 Å². The number of amides is 1. The summed E-state index contributed by atoms with van der Waals surface area (Å²) in [6.45, 7) is 8.93. The number of hydrogen-bond acceptors (Lipinski definition) is 2. The van der Waals surface area contributed by atoms with Gasteiger partial charge in [0.25, 0.3) is 0 Å². The highest BCUT2D eigenvalue weighted by Gasteiger charge is 2.25. The van der Waals surface area contributed by atoms with Gasteiger partial charge in [0.1, 0.15) is 0 Å². The Labute approximate surface area is 113 Å². The van der Waals surface area contributed by atoms with Crippen molar-refractivity contribution < 1.29 is 4.79 Å². The summed E-state index contributed by atoms with van der Waals surface area (Å²) >= 11 is 6.32. The van der Waals surface area contributed by atoms with E-state index in [1.54, 1.807) is 0 Å².